The number of methoxy groups -OCH3 is 1. The zero-order chi connectivity index (χ0) is 29.3. The number of aromatic nitrogens is 5. The number of pyridine rings is 1. The molecule has 2 saturated heterocycles. The van der Waals surface area contributed by atoms with Crippen LogP contribution in [-0.4, -0.2) is 75.4 Å². The van der Waals surface area contributed by atoms with E-state index in [2.05, 4.69) is 25.9 Å². The lowest BCUT2D eigenvalue weighted by Crippen LogP contribution is -2.60. The summed E-state index contributed by atoms with van der Waals surface area (Å²) < 4.78 is 47.6. The number of halogens is 3. The van der Waals surface area contributed by atoms with Crippen LogP contribution >= 0.6 is 0 Å². The first-order valence-corrected chi connectivity index (χ1v) is 14.3. The number of nitrogens with one attached hydrogen (secondary N) is 2. The van der Waals surface area contributed by atoms with Gasteiger partial charge in [0.15, 0.2) is 5.82 Å². The highest BCUT2D eigenvalue weighted by molar-refractivity contribution is 6.07. The van der Waals surface area contributed by atoms with Gasteiger partial charge in [0.05, 0.1) is 48.6 Å². The summed E-state index contributed by atoms with van der Waals surface area (Å²) in [6.45, 7) is 4.18. The van der Waals surface area contributed by atoms with E-state index in [0.717, 1.165) is 74.9 Å². The molecule has 2 aromatic heterocycles. The van der Waals surface area contributed by atoms with E-state index < -0.39 is 17.7 Å². The van der Waals surface area contributed by atoms with E-state index in [1.54, 1.807) is 24.3 Å². The van der Waals surface area contributed by atoms with E-state index >= 15 is 0 Å². The van der Waals surface area contributed by atoms with Crippen molar-refractivity contribution in [3.05, 3.63) is 59.2 Å². The van der Waals surface area contributed by atoms with E-state index in [4.69, 9.17) is 9.72 Å². The standard InChI is InChI=1S/C30H32F3N7O2/c1-42-29(41)26-23-17-20(28-36-38-39-37-28)8-9-25(23)35-27(19-6-5-7-21(16-19)30(31,32)33)24(26)18-40(14-3-2-4-15-40)22-10-12-34-13-11-22/h5-9,16-17,22,34H,2-4,10-15,18H2,1H3/p+1. The van der Waals surface area contributed by atoms with Crippen LogP contribution in [-0.2, 0) is 17.5 Å². The molecule has 0 saturated carbocycles. The Labute approximate surface area is 241 Å². The van der Waals surface area contributed by atoms with Gasteiger partial charge in [-0.3, -0.25) is 0 Å². The number of carbonyl (C=O) groups excluding carboxylic acids is 1. The number of alkyl halides is 3. The Morgan fingerprint density at radius 2 is 1.83 bits per heavy atom. The zero-order valence-corrected chi connectivity index (χ0v) is 23.4. The molecule has 4 heterocycles. The lowest BCUT2D eigenvalue weighted by atomic mass is 9.90. The van der Waals surface area contributed by atoms with Gasteiger partial charge in [0.1, 0.15) is 6.54 Å². The largest absolute Gasteiger partial charge is 0.465 e. The number of rotatable bonds is 6. The fourth-order valence-electron chi connectivity index (χ4n) is 6.77. The molecule has 2 aliphatic rings. The number of ether oxygens (including phenoxy) is 1. The van der Waals surface area contributed by atoms with Gasteiger partial charge in [-0.2, -0.15) is 13.2 Å². The van der Waals surface area contributed by atoms with Crippen molar-refractivity contribution in [1.29, 1.82) is 0 Å². The quantitative estimate of drug-likeness (QED) is 0.240. The second-order valence-corrected chi connectivity index (χ2v) is 11.2. The van der Waals surface area contributed by atoms with Crippen LogP contribution < -0.4 is 5.32 Å². The molecule has 9 nitrogen and oxygen atoms in total. The highest BCUT2D eigenvalue weighted by atomic mass is 19.4. The summed E-state index contributed by atoms with van der Waals surface area (Å²) >= 11 is 0. The van der Waals surface area contributed by atoms with Crippen LogP contribution in [0.2, 0.25) is 0 Å². The van der Waals surface area contributed by atoms with Crippen molar-refractivity contribution in [3.63, 3.8) is 0 Å². The van der Waals surface area contributed by atoms with Crippen LogP contribution in [0.1, 0.15) is 53.6 Å². The fourth-order valence-corrected chi connectivity index (χ4v) is 6.77. The van der Waals surface area contributed by atoms with E-state index in [9.17, 15) is 18.0 Å². The van der Waals surface area contributed by atoms with Crippen LogP contribution in [0.5, 0.6) is 0 Å². The van der Waals surface area contributed by atoms with Gasteiger partial charge in [-0.25, -0.2) is 14.9 Å². The summed E-state index contributed by atoms with van der Waals surface area (Å²) in [5.74, 6) is -0.135. The van der Waals surface area contributed by atoms with Crippen molar-refractivity contribution in [2.45, 2.75) is 50.9 Å². The van der Waals surface area contributed by atoms with Crippen molar-refractivity contribution in [1.82, 2.24) is 30.9 Å². The normalized spacial score (nSPS) is 17.8. The highest BCUT2D eigenvalue weighted by Gasteiger charge is 2.41. The summed E-state index contributed by atoms with van der Waals surface area (Å²) in [5, 5.41) is 18.1. The van der Waals surface area contributed by atoms with Crippen LogP contribution in [0.4, 0.5) is 13.2 Å². The maximum absolute atomic E-state index is 13.8. The van der Waals surface area contributed by atoms with Crippen molar-refractivity contribution in [2.24, 2.45) is 0 Å². The number of hydrogen-bond acceptors (Lipinski definition) is 7. The summed E-state index contributed by atoms with van der Waals surface area (Å²) in [6, 6.07) is 10.9. The number of fused-ring (bicyclic) bond motifs is 1. The Bertz CT molecular complexity index is 1580. The number of H-pyrrole nitrogens is 1. The average molecular weight is 581 g/mol. The van der Waals surface area contributed by atoms with Crippen molar-refractivity contribution in [2.75, 3.05) is 33.3 Å². The van der Waals surface area contributed by atoms with E-state index in [-0.39, 0.29) is 0 Å². The maximum Gasteiger partial charge on any atom is 0.416 e. The molecule has 4 aromatic rings. The van der Waals surface area contributed by atoms with Gasteiger partial charge >= 0.3 is 12.1 Å². The second kappa shape index (κ2) is 11.4. The lowest BCUT2D eigenvalue weighted by Gasteiger charge is -2.49. The minimum atomic E-state index is -4.52. The third kappa shape index (κ3) is 5.36. The number of benzene rings is 2. The highest BCUT2D eigenvalue weighted by Crippen LogP contribution is 2.39. The summed E-state index contributed by atoms with van der Waals surface area (Å²) in [4.78, 5) is 18.6. The molecule has 2 aromatic carbocycles. The number of quaternary nitrogens is 1. The number of tetrazole rings is 1. The molecule has 2 aliphatic heterocycles. The number of esters is 1. The smallest absolute Gasteiger partial charge is 0.416 e. The van der Waals surface area contributed by atoms with Gasteiger partial charge in [0.25, 0.3) is 0 Å². The fraction of sp³-hybridized carbons (Fsp3) is 0.433. The third-order valence-corrected chi connectivity index (χ3v) is 8.82. The maximum atomic E-state index is 13.8. The van der Waals surface area contributed by atoms with Crippen molar-refractivity contribution >= 4 is 16.9 Å². The number of likely N-dealkylation sites (tertiary alicyclic amines) is 1. The molecule has 2 N–H and O–H groups in total. The number of piperidine rings is 2. The molecule has 2 fully saturated rings. The molecule has 0 radical (unpaired) electrons. The van der Waals surface area contributed by atoms with Crippen molar-refractivity contribution in [3.8, 4) is 22.6 Å². The van der Waals surface area contributed by atoms with Gasteiger partial charge in [-0.15, -0.1) is 5.10 Å². The van der Waals surface area contributed by atoms with Crippen LogP contribution in [0.15, 0.2) is 42.5 Å². The first kappa shape index (κ1) is 28.2. The molecule has 0 atom stereocenters. The third-order valence-electron chi connectivity index (χ3n) is 8.82. The number of carbonyl (C=O) groups is 1. The van der Waals surface area contributed by atoms with Crippen LogP contribution in [0.25, 0.3) is 33.5 Å². The predicted octanol–water partition coefficient (Wildman–Crippen LogP) is 5.14. The zero-order valence-electron chi connectivity index (χ0n) is 23.4. The topological polar surface area (TPSA) is 106 Å². The monoisotopic (exact) mass is 580 g/mol. The Morgan fingerprint density at radius 3 is 2.52 bits per heavy atom. The van der Waals surface area contributed by atoms with Crippen molar-refractivity contribution < 1.29 is 27.2 Å². The van der Waals surface area contributed by atoms with Crippen LogP contribution in [0.3, 0.4) is 0 Å². The molecular formula is C30H33F3N7O2+. The molecular weight excluding hydrogens is 547 g/mol. The molecule has 42 heavy (non-hydrogen) atoms. The molecule has 0 unspecified atom stereocenters. The van der Waals surface area contributed by atoms with Gasteiger partial charge in [0.2, 0.25) is 0 Å². The Balaban J connectivity index is 1.62. The minimum absolute atomic E-state index is 0.316. The van der Waals surface area contributed by atoms with Gasteiger partial charge in [-0.1, -0.05) is 12.1 Å². The summed E-state index contributed by atoms with van der Waals surface area (Å²) in [5.41, 5.74) is 1.98. The molecule has 0 amide bonds. The van der Waals surface area contributed by atoms with Gasteiger partial charge in [-0.05, 0) is 60.0 Å². The molecule has 0 spiro atoms. The Hall–Kier alpha value is -3.90. The van der Waals surface area contributed by atoms with Gasteiger partial charge < -0.3 is 14.5 Å². The first-order valence-electron chi connectivity index (χ1n) is 14.3. The molecule has 220 valence electrons. The average Bonchev–Trinajstić information content (AvgIpc) is 3.56. The van der Waals surface area contributed by atoms with Crippen LogP contribution in [0, 0.1) is 0 Å². The number of hydrogen-bond donors (Lipinski definition) is 2. The number of nitrogens with zero attached hydrogens (tertiary/aromatic N) is 5. The molecule has 0 aliphatic carbocycles. The second-order valence-electron chi connectivity index (χ2n) is 11.2. The molecule has 0 bridgehead atoms. The van der Waals surface area contributed by atoms with E-state index in [1.807, 2.05) is 0 Å². The first-order chi connectivity index (χ1) is 20.3. The minimum Gasteiger partial charge on any atom is -0.465 e. The summed E-state index contributed by atoms with van der Waals surface area (Å²) in [6.07, 6.45) is 0.722. The molecule has 6 rings (SSSR count). The van der Waals surface area contributed by atoms with Gasteiger partial charge in [0, 0.05) is 48.0 Å². The molecule has 12 heteroatoms. The Kier molecular flexibility index (Phi) is 7.67. The summed E-state index contributed by atoms with van der Waals surface area (Å²) in [7, 11) is 1.32. The lowest BCUT2D eigenvalue weighted by molar-refractivity contribution is -0.968. The SMILES string of the molecule is COC(=O)c1c(C[N+]2(C3CCNCC3)CCCCC2)c(-c2cccc(C(F)(F)F)c2)nc2ccc(-c3nnn[nH]3)cc12. The predicted molar refractivity (Wildman–Crippen MR) is 150 cm³/mol. The number of aromatic amines is 1. The van der Waals surface area contributed by atoms with E-state index in [1.165, 1.54) is 13.2 Å². The van der Waals surface area contributed by atoms with E-state index in [0.29, 0.717) is 57.3 Å². The Morgan fingerprint density at radius 1 is 1.05 bits per heavy atom.